The fraction of sp³-hybridized carbons (Fsp3) is 0.273. The van der Waals surface area contributed by atoms with Crippen LogP contribution in [0.4, 0.5) is 0 Å². The highest BCUT2D eigenvalue weighted by atomic mass is 16.4. The molecule has 1 heterocycles. The number of carboxylic acids is 1. The number of oxazole rings is 1. The Kier molecular flexibility index (Phi) is 2.72. The molecule has 6 heteroatoms. The van der Waals surface area contributed by atoms with E-state index in [1.54, 1.807) is 18.2 Å². The Labute approximate surface area is 96.0 Å². The average Bonchev–Trinajstić information content (AvgIpc) is 2.65. The molecule has 0 fully saturated rings. The molecule has 1 aromatic heterocycles. The zero-order chi connectivity index (χ0) is 12.6. The third-order valence-electron chi connectivity index (χ3n) is 2.76. The van der Waals surface area contributed by atoms with Crippen LogP contribution in [0, 0.1) is 5.92 Å². The molecule has 0 amide bonds. The Bertz CT molecular complexity index is 613. The van der Waals surface area contributed by atoms with Gasteiger partial charge in [0.15, 0.2) is 5.58 Å². The Morgan fingerprint density at radius 1 is 1.53 bits per heavy atom. The molecule has 6 nitrogen and oxygen atoms in total. The maximum atomic E-state index is 11.0. The number of aromatic nitrogens is 1. The number of benzene rings is 1. The van der Waals surface area contributed by atoms with Crippen molar-refractivity contribution in [1.82, 2.24) is 4.98 Å². The minimum absolute atomic E-state index is 0.425. The summed E-state index contributed by atoms with van der Waals surface area (Å²) in [6.45, 7) is 1.54. The van der Waals surface area contributed by atoms with Gasteiger partial charge in [-0.25, -0.2) is 4.79 Å². The van der Waals surface area contributed by atoms with E-state index in [4.69, 9.17) is 15.3 Å². The van der Waals surface area contributed by atoms with Gasteiger partial charge in [-0.05, 0) is 17.7 Å². The standard InChI is InChI=1S/C11H12N2O4/c1-5(10(14)15)9(12)6-2-3-8-7(4-6)13-11(16)17-8/h2-5,9H,12H2,1H3,(H,13,16)(H,14,15). The highest BCUT2D eigenvalue weighted by Crippen LogP contribution is 2.22. The van der Waals surface area contributed by atoms with Gasteiger partial charge in [0.1, 0.15) is 0 Å². The first-order valence-corrected chi connectivity index (χ1v) is 5.10. The molecule has 0 saturated heterocycles. The number of nitrogens with one attached hydrogen (secondary N) is 1. The van der Waals surface area contributed by atoms with Crippen LogP contribution in [0.25, 0.3) is 11.1 Å². The van der Waals surface area contributed by atoms with Gasteiger partial charge in [-0.15, -0.1) is 0 Å². The SMILES string of the molecule is CC(C(=O)O)C(N)c1ccc2oc(=O)[nH]c2c1. The highest BCUT2D eigenvalue weighted by Gasteiger charge is 2.21. The van der Waals surface area contributed by atoms with E-state index in [9.17, 15) is 9.59 Å². The Morgan fingerprint density at radius 3 is 2.88 bits per heavy atom. The Balaban J connectivity index is 2.42. The van der Waals surface area contributed by atoms with Crippen molar-refractivity contribution in [1.29, 1.82) is 0 Å². The van der Waals surface area contributed by atoms with Crippen molar-refractivity contribution in [3.63, 3.8) is 0 Å². The summed E-state index contributed by atoms with van der Waals surface area (Å²) in [4.78, 5) is 24.3. The Morgan fingerprint density at radius 2 is 2.24 bits per heavy atom. The Hall–Kier alpha value is -2.08. The molecule has 17 heavy (non-hydrogen) atoms. The van der Waals surface area contributed by atoms with Crippen LogP contribution in [0.1, 0.15) is 18.5 Å². The quantitative estimate of drug-likeness (QED) is 0.731. The van der Waals surface area contributed by atoms with E-state index in [1.165, 1.54) is 6.92 Å². The first-order valence-electron chi connectivity index (χ1n) is 5.10. The molecule has 2 aromatic rings. The van der Waals surface area contributed by atoms with Crippen LogP contribution in [0.15, 0.2) is 27.4 Å². The van der Waals surface area contributed by atoms with Crippen molar-refractivity contribution in [2.45, 2.75) is 13.0 Å². The smallest absolute Gasteiger partial charge is 0.417 e. The number of hydrogen-bond acceptors (Lipinski definition) is 4. The van der Waals surface area contributed by atoms with Crippen molar-refractivity contribution in [3.8, 4) is 0 Å². The molecular weight excluding hydrogens is 224 g/mol. The van der Waals surface area contributed by atoms with Crippen molar-refractivity contribution >= 4 is 17.1 Å². The monoisotopic (exact) mass is 236 g/mol. The fourth-order valence-corrected chi connectivity index (χ4v) is 1.62. The first kappa shape index (κ1) is 11.4. The van der Waals surface area contributed by atoms with Crippen LogP contribution < -0.4 is 11.5 Å². The van der Waals surface area contributed by atoms with Gasteiger partial charge in [0.25, 0.3) is 0 Å². The average molecular weight is 236 g/mol. The number of rotatable bonds is 3. The number of carbonyl (C=O) groups is 1. The van der Waals surface area contributed by atoms with Crippen LogP contribution in [0.2, 0.25) is 0 Å². The molecule has 2 atom stereocenters. The van der Waals surface area contributed by atoms with E-state index in [0.717, 1.165) is 0 Å². The maximum Gasteiger partial charge on any atom is 0.417 e. The molecular formula is C11H12N2O4. The second-order valence-corrected chi connectivity index (χ2v) is 3.92. The number of H-pyrrole nitrogens is 1. The topological polar surface area (TPSA) is 109 Å². The third-order valence-corrected chi connectivity index (χ3v) is 2.76. The molecule has 0 aliphatic heterocycles. The lowest BCUT2D eigenvalue weighted by Crippen LogP contribution is -2.25. The van der Waals surface area contributed by atoms with E-state index in [-0.39, 0.29) is 0 Å². The van der Waals surface area contributed by atoms with E-state index < -0.39 is 23.7 Å². The molecule has 0 spiro atoms. The minimum Gasteiger partial charge on any atom is -0.481 e. The first-order chi connectivity index (χ1) is 7.99. The maximum absolute atomic E-state index is 11.0. The molecule has 0 saturated carbocycles. The largest absolute Gasteiger partial charge is 0.481 e. The van der Waals surface area contributed by atoms with Gasteiger partial charge in [-0.3, -0.25) is 9.78 Å². The second-order valence-electron chi connectivity index (χ2n) is 3.92. The molecule has 2 unspecified atom stereocenters. The van der Waals surface area contributed by atoms with Gasteiger partial charge in [-0.2, -0.15) is 0 Å². The molecule has 0 bridgehead atoms. The lowest BCUT2D eigenvalue weighted by molar-refractivity contribution is -0.141. The second kappa shape index (κ2) is 4.06. The molecule has 90 valence electrons. The van der Waals surface area contributed by atoms with E-state index in [1.807, 2.05) is 0 Å². The summed E-state index contributed by atoms with van der Waals surface area (Å²) in [5, 5.41) is 8.87. The van der Waals surface area contributed by atoms with E-state index >= 15 is 0 Å². The van der Waals surface area contributed by atoms with E-state index in [2.05, 4.69) is 4.98 Å². The number of fused-ring (bicyclic) bond motifs is 1. The van der Waals surface area contributed by atoms with Gasteiger partial charge in [0, 0.05) is 6.04 Å². The lowest BCUT2D eigenvalue weighted by Gasteiger charge is -2.16. The minimum atomic E-state index is -0.960. The number of aromatic amines is 1. The summed E-state index contributed by atoms with van der Waals surface area (Å²) < 4.78 is 4.84. The van der Waals surface area contributed by atoms with Crippen LogP contribution in [0.3, 0.4) is 0 Å². The van der Waals surface area contributed by atoms with Crippen molar-refractivity contribution < 1.29 is 14.3 Å². The van der Waals surface area contributed by atoms with Crippen LogP contribution in [-0.4, -0.2) is 16.1 Å². The van der Waals surface area contributed by atoms with E-state index in [0.29, 0.717) is 16.7 Å². The van der Waals surface area contributed by atoms with Gasteiger partial charge in [0.2, 0.25) is 0 Å². The normalized spacial score (nSPS) is 14.7. The summed E-state index contributed by atoms with van der Waals surface area (Å²) >= 11 is 0. The lowest BCUT2D eigenvalue weighted by atomic mass is 9.95. The van der Waals surface area contributed by atoms with Gasteiger partial charge in [-0.1, -0.05) is 13.0 Å². The molecule has 4 N–H and O–H groups in total. The summed E-state index contributed by atoms with van der Waals surface area (Å²) in [6.07, 6.45) is 0. The van der Waals surface area contributed by atoms with Gasteiger partial charge in [0.05, 0.1) is 11.4 Å². The van der Waals surface area contributed by atoms with Gasteiger partial charge < -0.3 is 15.3 Å². The van der Waals surface area contributed by atoms with Crippen molar-refractivity contribution in [2.75, 3.05) is 0 Å². The van der Waals surface area contributed by atoms with Crippen LogP contribution in [-0.2, 0) is 4.79 Å². The summed E-state index contributed by atoms with van der Waals surface area (Å²) in [6, 6.07) is 4.25. The molecule has 0 aliphatic rings. The fourth-order valence-electron chi connectivity index (χ4n) is 1.62. The summed E-state index contributed by atoms with van der Waals surface area (Å²) in [5.74, 6) is -2.21. The molecule has 1 aromatic carbocycles. The predicted molar refractivity (Wildman–Crippen MR) is 60.6 cm³/mol. The summed E-state index contributed by atoms with van der Waals surface area (Å²) in [7, 11) is 0. The predicted octanol–water partition coefficient (Wildman–Crippen LogP) is 0.842. The number of aliphatic carboxylic acids is 1. The zero-order valence-corrected chi connectivity index (χ0v) is 9.14. The van der Waals surface area contributed by atoms with Crippen LogP contribution >= 0.6 is 0 Å². The molecule has 2 rings (SSSR count). The molecule has 0 aliphatic carbocycles. The third kappa shape index (κ3) is 2.07. The number of nitrogens with two attached hydrogens (primary N) is 1. The zero-order valence-electron chi connectivity index (χ0n) is 9.14. The highest BCUT2D eigenvalue weighted by molar-refractivity contribution is 5.74. The summed E-state index contributed by atoms with van der Waals surface area (Å²) in [5.41, 5.74) is 7.42. The van der Waals surface area contributed by atoms with Crippen molar-refractivity contribution in [2.24, 2.45) is 11.7 Å². The van der Waals surface area contributed by atoms with Gasteiger partial charge >= 0.3 is 11.7 Å². The molecule has 0 radical (unpaired) electrons. The van der Waals surface area contributed by atoms with Crippen molar-refractivity contribution in [3.05, 3.63) is 34.3 Å². The number of hydrogen-bond donors (Lipinski definition) is 3. The van der Waals surface area contributed by atoms with Crippen LogP contribution in [0.5, 0.6) is 0 Å². The number of carboxylic acid groups (broad SMARTS) is 1.